The van der Waals surface area contributed by atoms with Gasteiger partial charge in [-0.3, -0.25) is 9.59 Å². The van der Waals surface area contributed by atoms with Crippen molar-refractivity contribution in [3.8, 4) is 17.2 Å². The summed E-state index contributed by atoms with van der Waals surface area (Å²) in [6.07, 6.45) is 0. The smallest absolute Gasteiger partial charge is 0.254 e. The molecule has 1 amide bonds. The Morgan fingerprint density at radius 1 is 1.00 bits per heavy atom. The quantitative estimate of drug-likeness (QED) is 0.465. The number of ether oxygens (including phenoxy) is 3. The predicted molar refractivity (Wildman–Crippen MR) is 124 cm³/mol. The van der Waals surface area contributed by atoms with E-state index in [0.29, 0.717) is 33.9 Å². The number of fused-ring (bicyclic) bond motifs is 2. The summed E-state index contributed by atoms with van der Waals surface area (Å²) in [6.45, 7) is 0.385. The van der Waals surface area contributed by atoms with Gasteiger partial charge in [0.15, 0.2) is 11.5 Å². The fourth-order valence-corrected chi connectivity index (χ4v) is 3.89. The normalized spacial score (nSPS) is 12.1. The lowest BCUT2D eigenvalue weighted by atomic mass is 10.1. The number of halogens is 1. The number of hydrogen-bond acceptors (Lipinski definition) is 5. The lowest BCUT2D eigenvalue weighted by Gasteiger charge is -2.23. The van der Waals surface area contributed by atoms with E-state index in [0.717, 1.165) is 10.9 Å². The molecule has 0 unspecified atom stereocenters. The number of nitrogens with one attached hydrogen (secondary N) is 1. The van der Waals surface area contributed by atoms with Gasteiger partial charge in [0, 0.05) is 29.1 Å². The Labute approximate surface area is 194 Å². The molecule has 172 valence electrons. The third kappa shape index (κ3) is 4.30. The summed E-state index contributed by atoms with van der Waals surface area (Å²) in [6, 6.07) is 17.9. The first kappa shape index (κ1) is 21.5. The number of amides is 1. The van der Waals surface area contributed by atoms with E-state index in [9.17, 15) is 14.0 Å². The Hall–Kier alpha value is -4.33. The number of methoxy groups -OCH3 is 1. The highest BCUT2D eigenvalue weighted by Gasteiger charge is 2.20. The summed E-state index contributed by atoms with van der Waals surface area (Å²) in [7, 11) is 1.55. The maximum absolute atomic E-state index is 13.4. The Morgan fingerprint density at radius 2 is 1.71 bits per heavy atom. The van der Waals surface area contributed by atoms with Crippen LogP contribution in [0.5, 0.6) is 17.2 Å². The molecule has 1 aliphatic heterocycles. The predicted octanol–water partition coefficient (Wildman–Crippen LogP) is 4.25. The number of rotatable bonds is 6. The zero-order valence-electron chi connectivity index (χ0n) is 18.3. The molecule has 2 heterocycles. The van der Waals surface area contributed by atoms with Crippen molar-refractivity contribution in [3.05, 3.63) is 99.6 Å². The molecule has 0 atom stereocenters. The van der Waals surface area contributed by atoms with E-state index in [1.54, 1.807) is 66.6 Å². The van der Waals surface area contributed by atoms with Crippen LogP contribution in [0.3, 0.4) is 0 Å². The Balaban J connectivity index is 1.50. The van der Waals surface area contributed by atoms with Crippen LogP contribution in [0.25, 0.3) is 10.9 Å². The third-order valence-electron chi connectivity index (χ3n) is 5.69. The molecule has 7 nitrogen and oxygen atoms in total. The first-order valence-electron chi connectivity index (χ1n) is 10.6. The Kier molecular flexibility index (Phi) is 5.63. The van der Waals surface area contributed by atoms with Gasteiger partial charge in [0.1, 0.15) is 11.6 Å². The summed E-state index contributed by atoms with van der Waals surface area (Å²) in [4.78, 5) is 30.7. The molecule has 0 spiro atoms. The number of aromatic amines is 1. The molecule has 5 rings (SSSR count). The van der Waals surface area contributed by atoms with Crippen molar-refractivity contribution in [2.24, 2.45) is 0 Å². The monoisotopic (exact) mass is 460 g/mol. The molecule has 1 aromatic heterocycles. The SMILES string of the molecule is COc1ccc(C(=O)N(Cc2ccc(F)cc2)Cc2cc3cc4c(cc3[nH]c2=O)OCO4)cc1. The van der Waals surface area contributed by atoms with Crippen LogP contribution in [0.4, 0.5) is 4.39 Å². The van der Waals surface area contributed by atoms with E-state index in [4.69, 9.17) is 14.2 Å². The molecule has 0 bridgehead atoms. The highest BCUT2D eigenvalue weighted by molar-refractivity contribution is 5.94. The van der Waals surface area contributed by atoms with E-state index in [-0.39, 0.29) is 37.2 Å². The molecule has 0 aliphatic carbocycles. The van der Waals surface area contributed by atoms with Crippen molar-refractivity contribution in [3.63, 3.8) is 0 Å². The standard InChI is InChI=1S/C26H21FN2O5/c1-32-21-8-4-17(5-9-21)26(31)29(13-16-2-6-20(27)7-3-16)14-19-10-18-11-23-24(34-15-33-23)12-22(18)28-25(19)30/h2-12H,13-15H2,1H3,(H,28,30). The Bertz CT molecular complexity index is 1410. The molecule has 0 radical (unpaired) electrons. The number of carbonyl (C=O) groups is 1. The number of nitrogens with zero attached hydrogens (tertiary/aromatic N) is 1. The second-order valence-corrected chi connectivity index (χ2v) is 7.93. The lowest BCUT2D eigenvalue weighted by Crippen LogP contribution is -2.32. The van der Waals surface area contributed by atoms with Gasteiger partial charge in [0.2, 0.25) is 6.79 Å². The number of H-pyrrole nitrogens is 1. The van der Waals surface area contributed by atoms with Crippen LogP contribution in [-0.2, 0) is 13.1 Å². The van der Waals surface area contributed by atoms with Crippen LogP contribution in [-0.4, -0.2) is 29.7 Å². The zero-order valence-corrected chi connectivity index (χ0v) is 18.3. The molecule has 1 aliphatic rings. The minimum Gasteiger partial charge on any atom is -0.497 e. The molecule has 0 fully saturated rings. The van der Waals surface area contributed by atoms with Crippen LogP contribution in [0.1, 0.15) is 21.5 Å². The molecule has 0 saturated carbocycles. The molecule has 0 saturated heterocycles. The minimum absolute atomic E-state index is 0.0575. The highest BCUT2D eigenvalue weighted by atomic mass is 19.1. The number of pyridine rings is 1. The average Bonchev–Trinajstić information content (AvgIpc) is 3.31. The van der Waals surface area contributed by atoms with Crippen molar-refractivity contribution < 1.29 is 23.4 Å². The van der Waals surface area contributed by atoms with E-state index in [1.165, 1.54) is 12.1 Å². The summed E-state index contributed by atoms with van der Waals surface area (Å²) >= 11 is 0. The van der Waals surface area contributed by atoms with Crippen LogP contribution in [0, 0.1) is 5.82 Å². The van der Waals surface area contributed by atoms with E-state index in [2.05, 4.69) is 4.98 Å². The molecular weight excluding hydrogens is 439 g/mol. The first-order chi connectivity index (χ1) is 16.5. The number of benzene rings is 3. The molecular formula is C26H21FN2O5. The summed E-state index contributed by atoms with van der Waals surface area (Å²) in [5.41, 5.74) is 1.91. The summed E-state index contributed by atoms with van der Waals surface area (Å²) < 4.78 is 29.4. The zero-order chi connectivity index (χ0) is 23.7. The summed E-state index contributed by atoms with van der Waals surface area (Å²) in [5, 5.41) is 0.762. The summed E-state index contributed by atoms with van der Waals surface area (Å²) in [5.74, 6) is 1.18. The van der Waals surface area contributed by atoms with Crippen LogP contribution in [0.15, 0.2) is 71.5 Å². The maximum atomic E-state index is 13.4. The molecule has 4 aromatic rings. The molecule has 1 N–H and O–H groups in total. The molecule has 3 aromatic carbocycles. The third-order valence-corrected chi connectivity index (χ3v) is 5.69. The lowest BCUT2D eigenvalue weighted by molar-refractivity contribution is 0.0729. The van der Waals surface area contributed by atoms with Crippen LogP contribution in [0.2, 0.25) is 0 Å². The average molecular weight is 460 g/mol. The number of aromatic nitrogens is 1. The van der Waals surface area contributed by atoms with E-state index >= 15 is 0 Å². The van der Waals surface area contributed by atoms with Gasteiger partial charge in [-0.2, -0.15) is 0 Å². The molecule has 8 heteroatoms. The molecule has 34 heavy (non-hydrogen) atoms. The van der Waals surface area contributed by atoms with E-state index in [1.807, 2.05) is 0 Å². The van der Waals surface area contributed by atoms with Gasteiger partial charge in [-0.05, 0) is 54.1 Å². The Morgan fingerprint density at radius 3 is 2.41 bits per heavy atom. The second-order valence-electron chi connectivity index (χ2n) is 7.93. The van der Waals surface area contributed by atoms with Crippen LogP contribution >= 0.6 is 0 Å². The van der Waals surface area contributed by atoms with Gasteiger partial charge in [-0.15, -0.1) is 0 Å². The van der Waals surface area contributed by atoms with Gasteiger partial charge < -0.3 is 24.1 Å². The van der Waals surface area contributed by atoms with Gasteiger partial charge in [0.25, 0.3) is 11.5 Å². The fourth-order valence-electron chi connectivity index (χ4n) is 3.89. The number of carbonyl (C=O) groups excluding carboxylic acids is 1. The maximum Gasteiger partial charge on any atom is 0.254 e. The van der Waals surface area contributed by atoms with Gasteiger partial charge >= 0.3 is 0 Å². The fraction of sp³-hybridized carbons (Fsp3) is 0.154. The topological polar surface area (TPSA) is 80.9 Å². The van der Waals surface area contributed by atoms with Crippen molar-refractivity contribution in [2.75, 3.05) is 13.9 Å². The van der Waals surface area contributed by atoms with Crippen LogP contribution < -0.4 is 19.8 Å². The highest BCUT2D eigenvalue weighted by Crippen LogP contribution is 2.35. The van der Waals surface area contributed by atoms with E-state index < -0.39 is 0 Å². The number of hydrogen-bond donors (Lipinski definition) is 1. The second kappa shape index (κ2) is 8.90. The van der Waals surface area contributed by atoms with Crippen molar-refractivity contribution in [1.82, 2.24) is 9.88 Å². The van der Waals surface area contributed by atoms with Gasteiger partial charge in [-0.1, -0.05) is 12.1 Å². The van der Waals surface area contributed by atoms with Crippen molar-refractivity contribution in [2.45, 2.75) is 13.1 Å². The van der Waals surface area contributed by atoms with Crippen molar-refractivity contribution >= 4 is 16.8 Å². The minimum atomic E-state index is -0.360. The van der Waals surface area contributed by atoms with Gasteiger partial charge in [-0.25, -0.2) is 4.39 Å². The largest absolute Gasteiger partial charge is 0.497 e. The van der Waals surface area contributed by atoms with Crippen molar-refractivity contribution in [1.29, 1.82) is 0 Å². The van der Waals surface area contributed by atoms with Gasteiger partial charge in [0.05, 0.1) is 19.2 Å². The first-order valence-corrected chi connectivity index (χ1v) is 10.6.